The summed E-state index contributed by atoms with van der Waals surface area (Å²) in [6.45, 7) is 3.00. The second kappa shape index (κ2) is 9.92. The Balaban J connectivity index is 1.84. The van der Waals surface area contributed by atoms with E-state index in [1.807, 2.05) is 60.7 Å². The van der Waals surface area contributed by atoms with Gasteiger partial charge in [0.15, 0.2) is 0 Å². The van der Waals surface area contributed by atoms with Gasteiger partial charge in [-0.3, -0.25) is 4.90 Å². The molecular formula is C25H26F3NO. The number of nitrogens with zero attached hydrogens (tertiary/aromatic N) is 1. The van der Waals surface area contributed by atoms with Crippen LogP contribution >= 0.6 is 0 Å². The van der Waals surface area contributed by atoms with E-state index in [0.29, 0.717) is 19.5 Å². The van der Waals surface area contributed by atoms with Crippen molar-refractivity contribution < 1.29 is 18.3 Å². The Morgan fingerprint density at radius 2 is 1.20 bits per heavy atom. The molecule has 0 bridgehead atoms. The van der Waals surface area contributed by atoms with Crippen LogP contribution < -0.4 is 0 Å². The van der Waals surface area contributed by atoms with E-state index in [9.17, 15) is 18.3 Å². The van der Waals surface area contributed by atoms with Crippen molar-refractivity contribution in [2.45, 2.75) is 44.8 Å². The predicted molar refractivity (Wildman–Crippen MR) is 113 cm³/mol. The highest BCUT2D eigenvalue weighted by Gasteiger charge is 2.30. The zero-order chi connectivity index (χ0) is 21.6. The summed E-state index contributed by atoms with van der Waals surface area (Å²) < 4.78 is 38.6. The molecule has 30 heavy (non-hydrogen) atoms. The van der Waals surface area contributed by atoms with Crippen LogP contribution in [0.1, 0.15) is 29.2 Å². The second-order valence-electron chi connectivity index (χ2n) is 7.58. The summed E-state index contributed by atoms with van der Waals surface area (Å²) in [6, 6.07) is 24.9. The molecule has 2 nitrogen and oxygen atoms in total. The average Bonchev–Trinajstić information content (AvgIpc) is 2.72. The molecule has 158 valence electrons. The quantitative estimate of drug-likeness (QED) is 0.512. The maximum absolute atomic E-state index is 12.9. The van der Waals surface area contributed by atoms with Crippen molar-refractivity contribution in [3.63, 3.8) is 0 Å². The summed E-state index contributed by atoms with van der Waals surface area (Å²) >= 11 is 0. The Hall–Kier alpha value is -2.63. The molecule has 0 fully saturated rings. The third kappa shape index (κ3) is 6.18. The van der Waals surface area contributed by atoms with Gasteiger partial charge in [0.1, 0.15) is 0 Å². The minimum absolute atomic E-state index is 0.248. The lowest BCUT2D eigenvalue weighted by atomic mass is 9.98. The number of rotatable bonds is 8. The molecule has 0 spiro atoms. The molecule has 0 saturated heterocycles. The van der Waals surface area contributed by atoms with E-state index in [0.717, 1.165) is 28.8 Å². The Bertz CT molecular complexity index is 852. The third-order valence-electron chi connectivity index (χ3n) is 5.21. The van der Waals surface area contributed by atoms with Crippen LogP contribution in [0.5, 0.6) is 0 Å². The minimum atomic E-state index is -4.35. The number of hydrogen-bond acceptors (Lipinski definition) is 2. The van der Waals surface area contributed by atoms with Gasteiger partial charge in [0.05, 0.1) is 11.7 Å². The van der Waals surface area contributed by atoms with E-state index in [1.165, 1.54) is 12.1 Å². The van der Waals surface area contributed by atoms with Crippen molar-refractivity contribution in [1.29, 1.82) is 0 Å². The Labute approximate surface area is 175 Å². The van der Waals surface area contributed by atoms with Crippen molar-refractivity contribution in [1.82, 2.24) is 4.90 Å². The maximum atomic E-state index is 12.9. The molecular weight excluding hydrogens is 387 g/mol. The van der Waals surface area contributed by atoms with Gasteiger partial charge in [-0.25, -0.2) is 0 Å². The smallest absolute Gasteiger partial charge is 0.392 e. The monoisotopic (exact) mass is 413 g/mol. The Morgan fingerprint density at radius 3 is 1.60 bits per heavy atom. The molecule has 0 aromatic heterocycles. The van der Waals surface area contributed by atoms with Crippen molar-refractivity contribution in [3.05, 3.63) is 107 Å². The molecule has 0 unspecified atom stereocenters. The molecule has 0 heterocycles. The molecule has 1 N–H and O–H groups in total. The Kier molecular flexibility index (Phi) is 7.29. The number of aliphatic hydroxyl groups is 1. The first-order valence-corrected chi connectivity index (χ1v) is 9.99. The summed E-state index contributed by atoms with van der Waals surface area (Å²) in [4.78, 5) is 2.19. The number of halogens is 3. The summed E-state index contributed by atoms with van der Waals surface area (Å²) in [5.74, 6) is 0. The fourth-order valence-corrected chi connectivity index (χ4v) is 3.60. The van der Waals surface area contributed by atoms with Crippen LogP contribution in [0.2, 0.25) is 0 Å². The number of alkyl halides is 3. The Morgan fingerprint density at radius 1 is 0.733 bits per heavy atom. The van der Waals surface area contributed by atoms with E-state index < -0.39 is 17.8 Å². The third-order valence-corrected chi connectivity index (χ3v) is 5.21. The lowest BCUT2D eigenvalue weighted by Crippen LogP contribution is -2.43. The van der Waals surface area contributed by atoms with Gasteiger partial charge >= 0.3 is 6.18 Å². The molecule has 3 rings (SSSR count). The fourth-order valence-electron chi connectivity index (χ4n) is 3.60. The van der Waals surface area contributed by atoms with Crippen LogP contribution in [0.25, 0.3) is 0 Å². The predicted octanol–water partition coefficient (Wildman–Crippen LogP) is 5.70. The fraction of sp³-hybridized carbons (Fsp3) is 0.280. The van der Waals surface area contributed by atoms with Crippen LogP contribution in [0.4, 0.5) is 13.2 Å². The highest BCUT2D eigenvalue weighted by atomic mass is 19.4. The lowest BCUT2D eigenvalue weighted by molar-refractivity contribution is -0.137. The van der Waals surface area contributed by atoms with Gasteiger partial charge in [-0.2, -0.15) is 13.2 Å². The molecule has 0 aliphatic rings. The lowest BCUT2D eigenvalue weighted by Gasteiger charge is -2.34. The molecule has 0 radical (unpaired) electrons. The standard InChI is InChI=1S/C25H26F3NO/c1-19(30)24(16-20-12-14-23(15-13-20)25(26,27)28)29(17-21-8-4-2-5-9-21)18-22-10-6-3-7-11-22/h2-15,19,24,30H,16-18H2,1H3/t19-,24+/m1/s1. The van der Waals surface area contributed by atoms with E-state index in [2.05, 4.69) is 4.90 Å². The summed E-state index contributed by atoms with van der Waals surface area (Å²) in [7, 11) is 0. The minimum Gasteiger partial charge on any atom is -0.392 e. The van der Waals surface area contributed by atoms with Gasteiger partial charge in [0, 0.05) is 19.1 Å². The van der Waals surface area contributed by atoms with Gasteiger partial charge in [-0.15, -0.1) is 0 Å². The molecule has 2 atom stereocenters. The van der Waals surface area contributed by atoms with Crippen LogP contribution in [-0.2, 0) is 25.7 Å². The second-order valence-corrected chi connectivity index (χ2v) is 7.58. The SMILES string of the molecule is C[C@@H](O)[C@H](Cc1ccc(C(F)(F)F)cc1)N(Cc1ccccc1)Cc1ccccc1. The zero-order valence-corrected chi connectivity index (χ0v) is 16.9. The zero-order valence-electron chi connectivity index (χ0n) is 16.9. The van der Waals surface area contributed by atoms with Crippen molar-refractivity contribution in [2.24, 2.45) is 0 Å². The van der Waals surface area contributed by atoms with E-state index >= 15 is 0 Å². The van der Waals surface area contributed by atoms with E-state index in [1.54, 1.807) is 6.92 Å². The highest BCUT2D eigenvalue weighted by molar-refractivity contribution is 5.26. The molecule has 0 aliphatic heterocycles. The molecule has 0 saturated carbocycles. The normalized spacial score (nSPS) is 13.9. The first-order valence-electron chi connectivity index (χ1n) is 9.99. The topological polar surface area (TPSA) is 23.5 Å². The average molecular weight is 413 g/mol. The van der Waals surface area contributed by atoms with Gasteiger partial charge in [-0.05, 0) is 42.2 Å². The van der Waals surface area contributed by atoms with Crippen LogP contribution in [0.15, 0.2) is 84.9 Å². The van der Waals surface area contributed by atoms with Gasteiger partial charge in [0.25, 0.3) is 0 Å². The maximum Gasteiger partial charge on any atom is 0.416 e. The van der Waals surface area contributed by atoms with Crippen LogP contribution in [-0.4, -0.2) is 22.2 Å². The first kappa shape index (κ1) is 22.1. The van der Waals surface area contributed by atoms with Crippen molar-refractivity contribution >= 4 is 0 Å². The number of aliphatic hydroxyl groups excluding tert-OH is 1. The number of benzene rings is 3. The van der Waals surface area contributed by atoms with Crippen LogP contribution in [0.3, 0.4) is 0 Å². The molecule has 3 aromatic rings. The van der Waals surface area contributed by atoms with E-state index in [4.69, 9.17) is 0 Å². The summed E-state index contributed by atoms with van der Waals surface area (Å²) in [5.41, 5.74) is 2.34. The van der Waals surface area contributed by atoms with Crippen molar-refractivity contribution in [2.75, 3.05) is 0 Å². The summed E-state index contributed by atoms with van der Waals surface area (Å²) in [5, 5.41) is 10.6. The largest absolute Gasteiger partial charge is 0.416 e. The molecule has 0 aliphatic carbocycles. The number of hydrogen-bond donors (Lipinski definition) is 1. The summed E-state index contributed by atoms with van der Waals surface area (Å²) in [6.07, 6.45) is -4.55. The van der Waals surface area contributed by atoms with Gasteiger partial charge in [0.2, 0.25) is 0 Å². The molecule has 5 heteroatoms. The molecule has 3 aromatic carbocycles. The van der Waals surface area contributed by atoms with E-state index in [-0.39, 0.29) is 6.04 Å². The molecule has 0 amide bonds. The highest BCUT2D eigenvalue weighted by Crippen LogP contribution is 2.29. The van der Waals surface area contributed by atoms with Gasteiger partial charge < -0.3 is 5.11 Å². The van der Waals surface area contributed by atoms with Gasteiger partial charge in [-0.1, -0.05) is 72.8 Å². The van der Waals surface area contributed by atoms with Crippen LogP contribution in [0, 0.1) is 0 Å². The first-order chi connectivity index (χ1) is 14.3. The van der Waals surface area contributed by atoms with Crippen molar-refractivity contribution in [3.8, 4) is 0 Å².